The molecular formula is C24H28N4O2S. The Kier molecular flexibility index (Phi) is 7.17. The van der Waals surface area contributed by atoms with Crippen LogP contribution in [0, 0.1) is 12.3 Å². The SMILES string of the molecule is Cc1ccc(-c2nnc(NC(=O)[C@H](Cc3ccccc3)NC(=O)CC(C)(C)C)s2)cc1. The van der Waals surface area contributed by atoms with E-state index in [0.717, 1.165) is 21.7 Å². The minimum absolute atomic E-state index is 0.152. The first-order valence-corrected chi connectivity index (χ1v) is 11.1. The van der Waals surface area contributed by atoms with E-state index < -0.39 is 6.04 Å². The quantitative estimate of drug-likeness (QED) is 0.566. The number of rotatable bonds is 7. The summed E-state index contributed by atoms with van der Waals surface area (Å²) in [5, 5.41) is 15.1. The first-order valence-electron chi connectivity index (χ1n) is 10.2. The molecule has 0 aliphatic carbocycles. The molecule has 3 aromatic rings. The Balaban J connectivity index is 1.73. The molecule has 2 amide bonds. The number of hydrogen-bond acceptors (Lipinski definition) is 5. The van der Waals surface area contributed by atoms with Crippen molar-refractivity contribution in [1.82, 2.24) is 15.5 Å². The van der Waals surface area contributed by atoms with Gasteiger partial charge in [0.1, 0.15) is 11.0 Å². The van der Waals surface area contributed by atoms with Gasteiger partial charge in [-0.1, -0.05) is 92.3 Å². The summed E-state index contributed by atoms with van der Waals surface area (Å²) in [4.78, 5) is 25.5. The third kappa shape index (κ3) is 7.00. The normalized spacial score (nSPS) is 12.3. The number of benzene rings is 2. The van der Waals surface area contributed by atoms with E-state index in [1.807, 2.05) is 82.3 Å². The first kappa shape index (κ1) is 22.6. The Hall–Kier alpha value is -3.06. The summed E-state index contributed by atoms with van der Waals surface area (Å²) >= 11 is 1.31. The van der Waals surface area contributed by atoms with Crippen LogP contribution in [-0.4, -0.2) is 28.1 Å². The lowest BCUT2D eigenvalue weighted by atomic mass is 9.91. The average molecular weight is 437 g/mol. The van der Waals surface area contributed by atoms with Crippen molar-refractivity contribution in [2.24, 2.45) is 5.41 Å². The smallest absolute Gasteiger partial charge is 0.249 e. The maximum absolute atomic E-state index is 13.0. The molecule has 6 nitrogen and oxygen atoms in total. The van der Waals surface area contributed by atoms with Crippen molar-refractivity contribution in [3.8, 4) is 10.6 Å². The molecule has 162 valence electrons. The van der Waals surface area contributed by atoms with Crippen LogP contribution in [0.1, 0.15) is 38.3 Å². The van der Waals surface area contributed by atoms with Crippen molar-refractivity contribution < 1.29 is 9.59 Å². The molecule has 0 radical (unpaired) electrons. The molecule has 31 heavy (non-hydrogen) atoms. The van der Waals surface area contributed by atoms with E-state index in [2.05, 4.69) is 20.8 Å². The number of amides is 2. The summed E-state index contributed by atoms with van der Waals surface area (Å²) in [6.45, 7) is 8.00. The summed E-state index contributed by atoms with van der Waals surface area (Å²) in [5.41, 5.74) is 2.91. The molecule has 2 aromatic carbocycles. The summed E-state index contributed by atoms with van der Waals surface area (Å²) in [7, 11) is 0. The maximum atomic E-state index is 13.0. The number of nitrogens with one attached hydrogen (secondary N) is 2. The van der Waals surface area contributed by atoms with Gasteiger partial charge in [0.25, 0.3) is 0 Å². The minimum atomic E-state index is -0.705. The molecule has 2 N–H and O–H groups in total. The fourth-order valence-electron chi connectivity index (χ4n) is 3.07. The zero-order valence-corrected chi connectivity index (χ0v) is 19.1. The monoisotopic (exact) mass is 436 g/mol. The second-order valence-corrected chi connectivity index (χ2v) is 9.79. The molecule has 0 aliphatic heterocycles. The van der Waals surface area contributed by atoms with Gasteiger partial charge >= 0.3 is 0 Å². The van der Waals surface area contributed by atoms with Gasteiger partial charge in [-0.3, -0.25) is 14.9 Å². The molecule has 1 atom stereocenters. The molecule has 0 saturated carbocycles. The van der Waals surface area contributed by atoms with Gasteiger partial charge < -0.3 is 5.32 Å². The van der Waals surface area contributed by atoms with Crippen LogP contribution in [0.4, 0.5) is 5.13 Å². The van der Waals surface area contributed by atoms with E-state index in [9.17, 15) is 9.59 Å². The average Bonchev–Trinajstić information content (AvgIpc) is 3.16. The van der Waals surface area contributed by atoms with E-state index in [1.54, 1.807) is 0 Å². The van der Waals surface area contributed by atoms with Gasteiger partial charge in [-0.15, -0.1) is 10.2 Å². The van der Waals surface area contributed by atoms with Crippen LogP contribution < -0.4 is 10.6 Å². The van der Waals surface area contributed by atoms with Crippen LogP contribution >= 0.6 is 11.3 Å². The van der Waals surface area contributed by atoms with E-state index >= 15 is 0 Å². The lowest BCUT2D eigenvalue weighted by molar-refractivity contribution is -0.127. The van der Waals surface area contributed by atoms with Gasteiger partial charge in [0.2, 0.25) is 16.9 Å². The van der Waals surface area contributed by atoms with Gasteiger partial charge in [-0.2, -0.15) is 0 Å². The van der Waals surface area contributed by atoms with Crippen molar-refractivity contribution >= 4 is 28.3 Å². The number of aromatic nitrogens is 2. The molecule has 0 aliphatic rings. The maximum Gasteiger partial charge on any atom is 0.249 e. The zero-order valence-electron chi connectivity index (χ0n) is 18.3. The molecule has 1 aromatic heterocycles. The Morgan fingerprint density at radius 3 is 2.32 bits per heavy atom. The number of hydrogen-bond donors (Lipinski definition) is 2. The van der Waals surface area contributed by atoms with Crippen LogP contribution in [0.3, 0.4) is 0 Å². The van der Waals surface area contributed by atoms with Gasteiger partial charge in [-0.05, 0) is 17.9 Å². The number of aryl methyl sites for hydroxylation is 1. The molecule has 0 bridgehead atoms. The fraction of sp³-hybridized carbons (Fsp3) is 0.333. The second-order valence-electron chi connectivity index (χ2n) is 8.81. The summed E-state index contributed by atoms with van der Waals surface area (Å²) in [6, 6.07) is 16.9. The molecule has 0 unspecified atom stereocenters. The number of anilines is 1. The van der Waals surface area contributed by atoms with Crippen LogP contribution in [0.25, 0.3) is 10.6 Å². The molecule has 0 fully saturated rings. The number of nitrogens with zero attached hydrogens (tertiary/aromatic N) is 2. The lowest BCUT2D eigenvalue weighted by Crippen LogP contribution is -2.46. The Morgan fingerprint density at radius 2 is 1.68 bits per heavy atom. The zero-order chi connectivity index (χ0) is 22.4. The molecule has 1 heterocycles. The molecule has 3 rings (SSSR count). The summed E-state index contributed by atoms with van der Waals surface area (Å²) in [5.74, 6) is -0.459. The van der Waals surface area contributed by atoms with E-state index in [0.29, 0.717) is 18.0 Å². The predicted octanol–water partition coefficient (Wildman–Crippen LogP) is 4.62. The minimum Gasteiger partial charge on any atom is -0.344 e. The van der Waals surface area contributed by atoms with Crippen molar-refractivity contribution in [2.75, 3.05) is 5.32 Å². The Bertz CT molecular complexity index is 1020. The highest BCUT2D eigenvalue weighted by Gasteiger charge is 2.25. The third-order valence-corrected chi connectivity index (χ3v) is 5.47. The van der Waals surface area contributed by atoms with Gasteiger partial charge in [-0.25, -0.2) is 0 Å². The topological polar surface area (TPSA) is 84.0 Å². The van der Waals surface area contributed by atoms with Crippen molar-refractivity contribution in [1.29, 1.82) is 0 Å². The largest absolute Gasteiger partial charge is 0.344 e. The van der Waals surface area contributed by atoms with Gasteiger partial charge in [0.15, 0.2) is 0 Å². The van der Waals surface area contributed by atoms with E-state index in [4.69, 9.17) is 0 Å². The van der Waals surface area contributed by atoms with E-state index in [-0.39, 0.29) is 17.2 Å². The number of carbonyl (C=O) groups excluding carboxylic acids is 2. The first-order chi connectivity index (χ1) is 14.7. The highest BCUT2D eigenvalue weighted by Crippen LogP contribution is 2.26. The van der Waals surface area contributed by atoms with Crippen LogP contribution in [0.15, 0.2) is 54.6 Å². The van der Waals surface area contributed by atoms with Crippen LogP contribution in [-0.2, 0) is 16.0 Å². The van der Waals surface area contributed by atoms with Crippen LogP contribution in [0.5, 0.6) is 0 Å². The highest BCUT2D eigenvalue weighted by atomic mass is 32.1. The van der Waals surface area contributed by atoms with Gasteiger partial charge in [0, 0.05) is 18.4 Å². The second kappa shape index (κ2) is 9.83. The number of carbonyl (C=O) groups is 2. The van der Waals surface area contributed by atoms with E-state index in [1.165, 1.54) is 11.3 Å². The summed E-state index contributed by atoms with van der Waals surface area (Å²) in [6.07, 6.45) is 0.730. The van der Waals surface area contributed by atoms with Crippen molar-refractivity contribution in [3.05, 3.63) is 65.7 Å². The third-order valence-electron chi connectivity index (χ3n) is 4.58. The molecule has 0 spiro atoms. The molecular weight excluding hydrogens is 408 g/mol. The summed E-state index contributed by atoms with van der Waals surface area (Å²) < 4.78 is 0. The Labute approximate surface area is 187 Å². The van der Waals surface area contributed by atoms with Crippen molar-refractivity contribution in [3.63, 3.8) is 0 Å². The standard InChI is InChI=1S/C24H28N4O2S/c1-16-10-12-18(13-11-16)22-27-28-23(31-22)26-21(30)19(14-17-8-6-5-7-9-17)25-20(29)15-24(2,3)4/h5-13,19H,14-15H2,1-4H3,(H,25,29)(H,26,28,30)/t19-/m0/s1. The predicted molar refractivity (Wildman–Crippen MR) is 125 cm³/mol. The van der Waals surface area contributed by atoms with Gasteiger partial charge in [0.05, 0.1) is 0 Å². The molecule has 0 saturated heterocycles. The van der Waals surface area contributed by atoms with Crippen LogP contribution in [0.2, 0.25) is 0 Å². The lowest BCUT2D eigenvalue weighted by Gasteiger charge is -2.22. The Morgan fingerprint density at radius 1 is 1.00 bits per heavy atom. The highest BCUT2D eigenvalue weighted by molar-refractivity contribution is 7.18. The fourth-order valence-corrected chi connectivity index (χ4v) is 3.82. The van der Waals surface area contributed by atoms with Crippen molar-refractivity contribution in [2.45, 2.75) is 46.6 Å². The molecule has 7 heteroatoms.